The number of ether oxygens (including phenoxy) is 1. The average Bonchev–Trinajstić information content (AvgIpc) is 2.45. The van der Waals surface area contributed by atoms with Crippen molar-refractivity contribution in [1.29, 1.82) is 0 Å². The van der Waals surface area contributed by atoms with Crippen LogP contribution < -0.4 is 5.32 Å². The maximum Gasteiger partial charge on any atom is 0.0807 e. The van der Waals surface area contributed by atoms with Crippen LogP contribution in [0.4, 0.5) is 0 Å². The van der Waals surface area contributed by atoms with E-state index in [1.54, 1.807) is 0 Å². The summed E-state index contributed by atoms with van der Waals surface area (Å²) in [6.45, 7) is 4.16. The Morgan fingerprint density at radius 1 is 1.36 bits per heavy atom. The summed E-state index contributed by atoms with van der Waals surface area (Å²) in [6, 6.07) is 0.557. The highest BCUT2D eigenvalue weighted by molar-refractivity contribution is 4.92. The van der Waals surface area contributed by atoms with Gasteiger partial charge in [-0.2, -0.15) is 0 Å². The van der Waals surface area contributed by atoms with Gasteiger partial charge in [0.25, 0.3) is 0 Å². The van der Waals surface area contributed by atoms with Crippen molar-refractivity contribution in [1.82, 2.24) is 5.32 Å². The third-order valence-electron chi connectivity index (χ3n) is 2.93. The van der Waals surface area contributed by atoms with Gasteiger partial charge in [0.1, 0.15) is 0 Å². The summed E-state index contributed by atoms with van der Waals surface area (Å²) in [7, 11) is 0. The maximum absolute atomic E-state index is 5.88. The van der Waals surface area contributed by atoms with Gasteiger partial charge in [-0.3, -0.25) is 0 Å². The molecule has 0 unspecified atom stereocenters. The molecule has 11 heavy (non-hydrogen) atoms. The van der Waals surface area contributed by atoms with Gasteiger partial charge in [0.05, 0.1) is 12.2 Å². The minimum atomic E-state index is 0.243. The molecule has 1 spiro atoms. The molecule has 1 heterocycles. The molecule has 1 N–H and O–H groups in total. The van der Waals surface area contributed by atoms with Crippen molar-refractivity contribution < 1.29 is 4.74 Å². The molecule has 2 rings (SSSR count). The van der Waals surface area contributed by atoms with E-state index in [1.807, 2.05) is 0 Å². The molecule has 2 aliphatic rings. The quantitative estimate of drug-likeness (QED) is 0.569. The first-order valence-corrected chi connectivity index (χ1v) is 4.68. The van der Waals surface area contributed by atoms with Gasteiger partial charge >= 0.3 is 0 Å². The summed E-state index contributed by atoms with van der Waals surface area (Å²) in [6.07, 6.45) is 5.26. The molecule has 0 bridgehead atoms. The first-order chi connectivity index (χ1) is 5.31. The summed E-state index contributed by atoms with van der Waals surface area (Å²) in [5, 5.41) is 3.49. The van der Waals surface area contributed by atoms with E-state index in [2.05, 4.69) is 12.2 Å². The van der Waals surface area contributed by atoms with Gasteiger partial charge in [-0.25, -0.2) is 0 Å². The largest absolute Gasteiger partial charge is 0.372 e. The lowest BCUT2D eigenvalue weighted by Crippen LogP contribution is -2.52. The van der Waals surface area contributed by atoms with E-state index in [1.165, 1.54) is 25.7 Å². The Labute approximate surface area is 68.3 Å². The minimum Gasteiger partial charge on any atom is -0.372 e. The van der Waals surface area contributed by atoms with E-state index in [-0.39, 0.29) is 5.60 Å². The van der Waals surface area contributed by atoms with Gasteiger partial charge in [0.2, 0.25) is 0 Å². The molecule has 1 aliphatic heterocycles. The zero-order valence-electron chi connectivity index (χ0n) is 7.23. The molecule has 0 aromatic rings. The Hall–Kier alpha value is -0.0800. The van der Waals surface area contributed by atoms with Crippen molar-refractivity contribution >= 4 is 0 Å². The molecule has 1 saturated heterocycles. The number of hydrogen-bond acceptors (Lipinski definition) is 2. The highest BCUT2D eigenvalue weighted by Crippen LogP contribution is 2.34. The SMILES string of the molecule is C[C@H]1COC2(CCCC2)CN1. The summed E-state index contributed by atoms with van der Waals surface area (Å²) < 4.78 is 5.88. The first kappa shape index (κ1) is 7.56. The van der Waals surface area contributed by atoms with Gasteiger partial charge in [0, 0.05) is 12.6 Å². The lowest BCUT2D eigenvalue weighted by molar-refractivity contribution is -0.0753. The smallest absolute Gasteiger partial charge is 0.0807 e. The van der Waals surface area contributed by atoms with Crippen LogP contribution in [0.1, 0.15) is 32.6 Å². The molecule has 1 atom stereocenters. The highest BCUT2D eigenvalue weighted by Gasteiger charge is 2.37. The summed E-state index contributed by atoms with van der Waals surface area (Å²) in [5.41, 5.74) is 0.243. The standard InChI is InChI=1S/C9H17NO/c1-8-6-11-9(7-10-8)4-2-3-5-9/h8,10H,2-7H2,1H3/t8-/m0/s1. The molecule has 1 saturated carbocycles. The van der Waals surface area contributed by atoms with Gasteiger partial charge in [-0.1, -0.05) is 12.8 Å². The third kappa shape index (κ3) is 1.42. The van der Waals surface area contributed by atoms with Crippen LogP contribution in [0.25, 0.3) is 0 Å². The predicted molar refractivity (Wildman–Crippen MR) is 44.6 cm³/mol. The van der Waals surface area contributed by atoms with E-state index in [4.69, 9.17) is 4.74 Å². The normalized spacial score (nSPS) is 36.3. The summed E-state index contributed by atoms with van der Waals surface area (Å²) in [5.74, 6) is 0. The van der Waals surface area contributed by atoms with Crippen LogP contribution >= 0.6 is 0 Å². The van der Waals surface area contributed by atoms with Gasteiger partial charge < -0.3 is 10.1 Å². The molecule has 64 valence electrons. The lowest BCUT2D eigenvalue weighted by atomic mass is 10.00. The molecule has 0 aromatic carbocycles. The van der Waals surface area contributed by atoms with Gasteiger partial charge in [-0.05, 0) is 19.8 Å². The van der Waals surface area contributed by atoms with Crippen LogP contribution in [0.2, 0.25) is 0 Å². The second-order valence-electron chi connectivity index (χ2n) is 3.98. The zero-order valence-corrected chi connectivity index (χ0v) is 7.23. The fourth-order valence-electron chi connectivity index (χ4n) is 2.11. The van der Waals surface area contributed by atoms with Gasteiger partial charge in [0.15, 0.2) is 0 Å². The zero-order chi connectivity index (χ0) is 7.73. The molecule has 0 aromatic heterocycles. The van der Waals surface area contributed by atoms with Crippen LogP contribution in [0, 0.1) is 0 Å². The molecule has 2 heteroatoms. The first-order valence-electron chi connectivity index (χ1n) is 4.68. The summed E-state index contributed by atoms with van der Waals surface area (Å²) in [4.78, 5) is 0. The van der Waals surface area contributed by atoms with Crippen molar-refractivity contribution in [2.75, 3.05) is 13.2 Å². The average molecular weight is 155 g/mol. The molecule has 0 amide bonds. The van der Waals surface area contributed by atoms with Crippen LogP contribution in [-0.4, -0.2) is 24.8 Å². The maximum atomic E-state index is 5.88. The Morgan fingerprint density at radius 2 is 2.09 bits per heavy atom. The van der Waals surface area contributed by atoms with E-state index in [0.717, 1.165) is 13.2 Å². The number of nitrogens with one attached hydrogen (secondary N) is 1. The number of morpholine rings is 1. The van der Waals surface area contributed by atoms with E-state index >= 15 is 0 Å². The van der Waals surface area contributed by atoms with Crippen molar-refractivity contribution in [2.24, 2.45) is 0 Å². The number of hydrogen-bond donors (Lipinski definition) is 1. The molecular weight excluding hydrogens is 138 g/mol. The monoisotopic (exact) mass is 155 g/mol. The highest BCUT2D eigenvalue weighted by atomic mass is 16.5. The minimum absolute atomic E-state index is 0.243. The topological polar surface area (TPSA) is 21.3 Å². The molecular formula is C9H17NO. The molecule has 2 nitrogen and oxygen atoms in total. The fourth-order valence-corrected chi connectivity index (χ4v) is 2.11. The van der Waals surface area contributed by atoms with Crippen LogP contribution in [0.15, 0.2) is 0 Å². The van der Waals surface area contributed by atoms with Gasteiger partial charge in [-0.15, -0.1) is 0 Å². The van der Waals surface area contributed by atoms with Crippen molar-refractivity contribution in [3.63, 3.8) is 0 Å². The lowest BCUT2D eigenvalue weighted by Gasteiger charge is -2.37. The molecule has 1 aliphatic carbocycles. The molecule has 2 fully saturated rings. The predicted octanol–water partition coefficient (Wildman–Crippen LogP) is 1.31. The third-order valence-corrected chi connectivity index (χ3v) is 2.93. The Balaban J connectivity index is 1.94. The van der Waals surface area contributed by atoms with Crippen molar-refractivity contribution in [3.05, 3.63) is 0 Å². The fraction of sp³-hybridized carbons (Fsp3) is 1.00. The Bertz CT molecular complexity index is 130. The van der Waals surface area contributed by atoms with E-state index in [0.29, 0.717) is 6.04 Å². The Kier molecular flexibility index (Phi) is 1.90. The van der Waals surface area contributed by atoms with Crippen molar-refractivity contribution in [3.8, 4) is 0 Å². The Morgan fingerprint density at radius 3 is 2.64 bits per heavy atom. The summed E-state index contributed by atoms with van der Waals surface area (Å²) >= 11 is 0. The van der Waals surface area contributed by atoms with Crippen LogP contribution in [0.3, 0.4) is 0 Å². The van der Waals surface area contributed by atoms with E-state index in [9.17, 15) is 0 Å². The van der Waals surface area contributed by atoms with Crippen molar-refractivity contribution in [2.45, 2.75) is 44.2 Å². The second kappa shape index (κ2) is 2.76. The van der Waals surface area contributed by atoms with Crippen LogP contribution in [0.5, 0.6) is 0 Å². The second-order valence-corrected chi connectivity index (χ2v) is 3.98. The number of rotatable bonds is 0. The van der Waals surface area contributed by atoms with Crippen LogP contribution in [-0.2, 0) is 4.74 Å². The van der Waals surface area contributed by atoms with E-state index < -0.39 is 0 Å². The molecule has 0 radical (unpaired) electrons.